The van der Waals surface area contributed by atoms with Crippen molar-refractivity contribution in [2.75, 3.05) is 54.7 Å². The molecule has 1 unspecified atom stereocenters. The number of benzene rings is 3. The first-order valence-corrected chi connectivity index (χ1v) is 17.7. The van der Waals surface area contributed by atoms with Gasteiger partial charge >= 0.3 is 0 Å². The van der Waals surface area contributed by atoms with E-state index in [0.29, 0.717) is 56.4 Å². The Morgan fingerprint density at radius 2 is 1.64 bits per heavy atom. The number of piperazine rings is 1. The lowest BCUT2D eigenvalue weighted by molar-refractivity contribution is -0.137. The summed E-state index contributed by atoms with van der Waals surface area (Å²) in [6.45, 7) is 6.98. The SMILES string of the molecule is CC(C)CN(c1ccccc1N1CCN(C(=O)[C@@H](Cc2ccc(Cl)cc2)NC(=O)C2NCCc3ccccc32)CC1)S(C)(=O)=O. The summed E-state index contributed by atoms with van der Waals surface area (Å²) in [7, 11) is -3.49. The van der Waals surface area contributed by atoms with Gasteiger partial charge < -0.3 is 20.4 Å². The molecule has 0 saturated carbocycles. The molecule has 2 N–H and O–H groups in total. The summed E-state index contributed by atoms with van der Waals surface area (Å²) >= 11 is 6.12. The number of amides is 2. The van der Waals surface area contributed by atoms with Crippen molar-refractivity contribution < 1.29 is 18.0 Å². The third-order valence-electron chi connectivity index (χ3n) is 8.35. The number of nitrogens with zero attached hydrogens (tertiary/aromatic N) is 3. The molecule has 2 heterocycles. The van der Waals surface area contributed by atoms with Crippen LogP contribution in [0.4, 0.5) is 11.4 Å². The van der Waals surface area contributed by atoms with Crippen molar-refractivity contribution in [2.24, 2.45) is 5.92 Å². The van der Waals surface area contributed by atoms with Gasteiger partial charge in [0.25, 0.3) is 0 Å². The summed E-state index contributed by atoms with van der Waals surface area (Å²) in [6, 6.07) is 21.5. The molecule has 0 aromatic heterocycles. The van der Waals surface area contributed by atoms with Crippen LogP contribution in [0.25, 0.3) is 0 Å². The Hall–Kier alpha value is -3.60. The molecule has 45 heavy (non-hydrogen) atoms. The molecule has 2 amide bonds. The zero-order chi connectivity index (χ0) is 32.1. The molecule has 3 aromatic carbocycles. The highest BCUT2D eigenvalue weighted by molar-refractivity contribution is 7.92. The predicted octanol–water partition coefficient (Wildman–Crippen LogP) is 4.03. The number of fused-ring (bicyclic) bond motifs is 1. The van der Waals surface area contributed by atoms with Gasteiger partial charge in [0, 0.05) is 50.7 Å². The lowest BCUT2D eigenvalue weighted by Gasteiger charge is -2.39. The number of hydrogen-bond donors (Lipinski definition) is 2. The van der Waals surface area contributed by atoms with Crippen LogP contribution in [-0.2, 0) is 32.5 Å². The largest absolute Gasteiger partial charge is 0.366 e. The highest BCUT2D eigenvalue weighted by Gasteiger charge is 2.33. The van der Waals surface area contributed by atoms with Crippen LogP contribution in [0, 0.1) is 5.92 Å². The molecule has 3 aromatic rings. The number of para-hydroxylation sites is 2. The maximum absolute atomic E-state index is 14.1. The average Bonchev–Trinajstić information content (AvgIpc) is 3.03. The maximum Gasteiger partial charge on any atom is 0.245 e. The van der Waals surface area contributed by atoms with Crippen molar-refractivity contribution in [1.82, 2.24) is 15.5 Å². The van der Waals surface area contributed by atoms with E-state index >= 15 is 0 Å². The Morgan fingerprint density at radius 3 is 2.33 bits per heavy atom. The zero-order valence-corrected chi connectivity index (χ0v) is 27.7. The van der Waals surface area contributed by atoms with Gasteiger partial charge in [0.15, 0.2) is 0 Å². The van der Waals surface area contributed by atoms with Crippen LogP contribution in [0.2, 0.25) is 5.02 Å². The molecular formula is C34H42ClN5O4S. The topological polar surface area (TPSA) is 102 Å². The Kier molecular flexibility index (Phi) is 10.4. The second-order valence-corrected chi connectivity index (χ2v) is 14.6. The predicted molar refractivity (Wildman–Crippen MR) is 180 cm³/mol. The van der Waals surface area contributed by atoms with Crippen molar-refractivity contribution in [2.45, 2.75) is 38.8 Å². The normalized spacial score (nSPS) is 17.5. The highest BCUT2D eigenvalue weighted by Crippen LogP contribution is 2.32. The number of hydrogen-bond acceptors (Lipinski definition) is 6. The van der Waals surface area contributed by atoms with E-state index in [9.17, 15) is 18.0 Å². The third-order valence-corrected chi connectivity index (χ3v) is 9.75. The molecule has 9 nitrogen and oxygen atoms in total. The smallest absolute Gasteiger partial charge is 0.245 e. The van der Waals surface area contributed by atoms with Gasteiger partial charge in [0.05, 0.1) is 17.6 Å². The van der Waals surface area contributed by atoms with Crippen molar-refractivity contribution in [3.8, 4) is 0 Å². The fourth-order valence-corrected chi connectivity index (χ4v) is 7.33. The molecule has 0 spiro atoms. The number of carbonyl (C=O) groups is 2. The van der Waals surface area contributed by atoms with Gasteiger partial charge in [-0.3, -0.25) is 13.9 Å². The van der Waals surface area contributed by atoms with E-state index in [4.69, 9.17) is 11.6 Å². The summed E-state index contributed by atoms with van der Waals surface area (Å²) < 4.78 is 27.0. The Morgan fingerprint density at radius 1 is 0.978 bits per heavy atom. The van der Waals surface area contributed by atoms with Crippen LogP contribution >= 0.6 is 11.6 Å². The molecule has 5 rings (SSSR count). The second kappa shape index (κ2) is 14.2. The number of anilines is 2. The fourth-order valence-electron chi connectivity index (χ4n) is 6.12. The van der Waals surface area contributed by atoms with Crippen LogP contribution in [0.3, 0.4) is 0 Å². The van der Waals surface area contributed by atoms with Crippen LogP contribution in [-0.4, -0.2) is 76.7 Å². The summed E-state index contributed by atoms with van der Waals surface area (Å²) in [4.78, 5) is 31.7. The fraction of sp³-hybridized carbons (Fsp3) is 0.412. The summed E-state index contributed by atoms with van der Waals surface area (Å²) in [5, 5.41) is 7.00. The lowest BCUT2D eigenvalue weighted by Crippen LogP contribution is -2.57. The van der Waals surface area contributed by atoms with Gasteiger partial charge in [0.2, 0.25) is 21.8 Å². The Balaban J connectivity index is 1.33. The highest BCUT2D eigenvalue weighted by atomic mass is 35.5. The van der Waals surface area contributed by atoms with Crippen molar-refractivity contribution in [3.63, 3.8) is 0 Å². The van der Waals surface area contributed by atoms with Gasteiger partial charge in [-0.1, -0.05) is 74.0 Å². The van der Waals surface area contributed by atoms with Crippen molar-refractivity contribution >= 4 is 44.8 Å². The first-order chi connectivity index (χ1) is 21.5. The number of nitrogens with one attached hydrogen (secondary N) is 2. The van der Waals surface area contributed by atoms with Gasteiger partial charge in [-0.25, -0.2) is 8.42 Å². The van der Waals surface area contributed by atoms with E-state index in [2.05, 4.69) is 15.5 Å². The van der Waals surface area contributed by atoms with Crippen LogP contribution < -0.4 is 19.8 Å². The van der Waals surface area contributed by atoms with Crippen LogP contribution in [0.15, 0.2) is 72.8 Å². The van der Waals surface area contributed by atoms with E-state index in [0.717, 1.165) is 28.8 Å². The molecular weight excluding hydrogens is 610 g/mol. The van der Waals surface area contributed by atoms with E-state index in [1.54, 1.807) is 17.0 Å². The number of halogens is 1. The molecule has 11 heteroatoms. The second-order valence-electron chi connectivity index (χ2n) is 12.2. The minimum atomic E-state index is -3.49. The number of carbonyl (C=O) groups excluding carboxylic acids is 2. The van der Waals surface area contributed by atoms with Gasteiger partial charge in [-0.05, 0) is 53.3 Å². The standard InChI is InChI=1S/C34H42ClN5O4S/c1-24(2)23-40(45(3,43)44)31-11-7-6-10-30(31)38-18-20-39(21-19-38)34(42)29(22-25-12-14-27(35)15-13-25)37-33(41)32-28-9-5-4-8-26(28)16-17-36-32/h4-15,24,29,32,36H,16-23H2,1-3H3,(H,37,41)/t29-,32?/m1/s1. The van der Waals surface area contributed by atoms with Gasteiger partial charge in [-0.2, -0.15) is 0 Å². The van der Waals surface area contributed by atoms with E-state index < -0.39 is 22.1 Å². The molecule has 0 aliphatic carbocycles. The monoisotopic (exact) mass is 651 g/mol. The summed E-state index contributed by atoms with van der Waals surface area (Å²) in [5.41, 5.74) is 4.43. The van der Waals surface area contributed by atoms with E-state index in [1.165, 1.54) is 10.6 Å². The lowest BCUT2D eigenvalue weighted by atomic mass is 9.93. The minimum Gasteiger partial charge on any atom is -0.366 e. The molecule has 1 fully saturated rings. The number of sulfonamides is 1. The van der Waals surface area contributed by atoms with Gasteiger partial charge in [-0.15, -0.1) is 0 Å². The van der Waals surface area contributed by atoms with Crippen molar-refractivity contribution in [1.29, 1.82) is 0 Å². The van der Waals surface area contributed by atoms with Crippen molar-refractivity contribution in [3.05, 3.63) is 94.5 Å². The first kappa shape index (κ1) is 32.8. The van der Waals surface area contributed by atoms with E-state index in [1.807, 2.05) is 74.5 Å². The summed E-state index contributed by atoms with van der Waals surface area (Å²) in [5.74, 6) is -0.228. The Bertz CT molecular complexity index is 1610. The average molecular weight is 652 g/mol. The molecule has 2 aliphatic heterocycles. The summed E-state index contributed by atoms with van der Waals surface area (Å²) in [6.07, 6.45) is 2.41. The van der Waals surface area contributed by atoms with Gasteiger partial charge in [0.1, 0.15) is 12.1 Å². The Labute approximate surface area is 271 Å². The molecule has 0 bridgehead atoms. The number of rotatable bonds is 10. The van der Waals surface area contributed by atoms with Crippen LogP contribution in [0.5, 0.6) is 0 Å². The molecule has 2 aliphatic rings. The molecule has 2 atom stereocenters. The molecule has 0 radical (unpaired) electrons. The maximum atomic E-state index is 14.1. The zero-order valence-electron chi connectivity index (χ0n) is 26.1. The third kappa shape index (κ3) is 7.98. The first-order valence-electron chi connectivity index (χ1n) is 15.5. The van der Waals surface area contributed by atoms with Crippen LogP contribution in [0.1, 0.15) is 36.6 Å². The molecule has 240 valence electrons. The minimum absolute atomic E-state index is 0.145. The molecule has 1 saturated heterocycles. The quantitative estimate of drug-likeness (QED) is 0.343. The van der Waals surface area contributed by atoms with E-state index in [-0.39, 0.29) is 17.7 Å².